The first-order valence-corrected chi connectivity index (χ1v) is 6.32. The second-order valence-electron chi connectivity index (χ2n) is 4.81. The molecule has 2 nitrogen and oxygen atoms in total. The van der Waals surface area contributed by atoms with Crippen LogP contribution in [0.2, 0.25) is 0 Å². The van der Waals surface area contributed by atoms with Gasteiger partial charge in [-0.3, -0.25) is 10.5 Å². The molecule has 0 unspecified atom stereocenters. The lowest BCUT2D eigenvalue weighted by Gasteiger charge is -2.19. The standard InChI is InChI=1S/C17H14NO/c1-11-5-2-10-15(17(18)19)16(11)14-9-4-7-12-6-3-8-13(12)14/h2-4,7-10,18H,1,5-6H2. The van der Waals surface area contributed by atoms with Crippen LogP contribution in [0.15, 0.2) is 54.2 Å². The molecule has 0 atom stereocenters. The van der Waals surface area contributed by atoms with Crippen LogP contribution < -0.4 is 5.73 Å². The van der Waals surface area contributed by atoms with E-state index in [-0.39, 0.29) is 0 Å². The second kappa shape index (κ2) is 4.39. The third-order valence-electron chi connectivity index (χ3n) is 3.60. The molecular weight excluding hydrogens is 234 g/mol. The second-order valence-corrected chi connectivity index (χ2v) is 4.81. The number of amides is 1. The van der Waals surface area contributed by atoms with Crippen molar-refractivity contribution in [2.75, 3.05) is 0 Å². The van der Waals surface area contributed by atoms with Crippen molar-refractivity contribution >= 4 is 17.6 Å². The molecule has 0 aromatic heterocycles. The van der Waals surface area contributed by atoms with Gasteiger partial charge in [0.25, 0.3) is 5.91 Å². The minimum Gasteiger partial charge on any atom is -0.267 e. The zero-order valence-corrected chi connectivity index (χ0v) is 10.6. The molecule has 1 aromatic rings. The van der Waals surface area contributed by atoms with Crippen molar-refractivity contribution in [3.05, 3.63) is 70.8 Å². The molecule has 1 amide bonds. The molecule has 0 bridgehead atoms. The highest BCUT2D eigenvalue weighted by Gasteiger charge is 2.21. The van der Waals surface area contributed by atoms with E-state index in [1.807, 2.05) is 18.2 Å². The minimum atomic E-state index is -0.647. The molecule has 1 N–H and O–H groups in total. The van der Waals surface area contributed by atoms with E-state index in [2.05, 4.69) is 24.8 Å². The number of hydrogen-bond donors (Lipinski definition) is 0. The maximum absolute atomic E-state index is 11.5. The fourth-order valence-corrected chi connectivity index (χ4v) is 2.73. The Morgan fingerprint density at radius 3 is 2.74 bits per heavy atom. The molecule has 0 fully saturated rings. The lowest BCUT2D eigenvalue weighted by molar-refractivity contribution is -0.114. The van der Waals surface area contributed by atoms with Gasteiger partial charge in [-0.1, -0.05) is 49.1 Å². The molecule has 3 rings (SSSR count). The van der Waals surface area contributed by atoms with Gasteiger partial charge in [0.15, 0.2) is 0 Å². The van der Waals surface area contributed by atoms with Gasteiger partial charge < -0.3 is 0 Å². The van der Waals surface area contributed by atoms with Crippen molar-refractivity contribution < 1.29 is 4.79 Å². The number of nitrogens with one attached hydrogen (secondary N) is 1. The van der Waals surface area contributed by atoms with E-state index in [4.69, 9.17) is 5.73 Å². The summed E-state index contributed by atoms with van der Waals surface area (Å²) >= 11 is 0. The molecule has 0 heterocycles. The molecule has 1 radical (unpaired) electrons. The van der Waals surface area contributed by atoms with Crippen molar-refractivity contribution in [3.63, 3.8) is 0 Å². The first-order valence-electron chi connectivity index (χ1n) is 6.32. The predicted octanol–water partition coefficient (Wildman–Crippen LogP) is 3.34. The van der Waals surface area contributed by atoms with Gasteiger partial charge in [-0.2, -0.15) is 0 Å². The fourth-order valence-electron chi connectivity index (χ4n) is 2.73. The summed E-state index contributed by atoms with van der Waals surface area (Å²) in [6, 6.07) is 6.12. The quantitative estimate of drug-likeness (QED) is 0.791. The smallest absolute Gasteiger partial charge is 0.267 e. The highest BCUT2D eigenvalue weighted by atomic mass is 16.1. The third-order valence-corrected chi connectivity index (χ3v) is 3.60. The first kappa shape index (κ1) is 11.7. The topological polar surface area (TPSA) is 40.9 Å². The van der Waals surface area contributed by atoms with E-state index in [0.29, 0.717) is 5.57 Å². The van der Waals surface area contributed by atoms with Gasteiger partial charge in [0, 0.05) is 5.57 Å². The molecule has 1 aromatic carbocycles. The van der Waals surface area contributed by atoms with Crippen molar-refractivity contribution in [1.82, 2.24) is 5.73 Å². The van der Waals surface area contributed by atoms with Crippen LogP contribution in [-0.4, -0.2) is 5.91 Å². The normalized spacial score (nSPS) is 16.9. The molecule has 0 saturated carbocycles. The molecule has 0 saturated heterocycles. The van der Waals surface area contributed by atoms with Crippen LogP contribution in [-0.2, 0) is 11.2 Å². The highest BCUT2D eigenvalue weighted by molar-refractivity contribution is 6.07. The molecule has 93 valence electrons. The SMILES string of the molecule is C=C1CC=CC(C([NH])=O)=C1c1cccc2c1C=CC2. The van der Waals surface area contributed by atoms with Crippen LogP contribution >= 0.6 is 0 Å². The van der Waals surface area contributed by atoms with Crippen LogP contribution in [0.25, 0.3) is 11.6 Å². The molecule has 19 heavy (non-hydrogen) atoms. The summed E-state index contributed by atoms with van der Waals surface area (Å²) in [6.07, 6.45) is 9.53. The lowest BCUT2D eigenvalue weighted by Crippen LogP contribution is -2.09. The number of rotatable bonds is 2. The maximum atomic E-state index is 11.5. The molecule has 2 heteroatoms. The van der Waals surface area contributed by atoms with Gasteiger partial charge in [-0.05, 0) is 40.7 Å². The molecule has 0 spiro atoms. The Balaban J connectivity index is 2.27. The average molecular weight is 248 g/mol. The number of carbonyl (C=O) groups is 1. The minimum absolute atomic E-state index is 0.449. The van der Waals surface area contributed by atoms with E-state index >= 15 is 0 Å². The summed E-state index contributed by atoms with van der Waals surface area (Å²) < 4.78 is 0. The van der Waals surface area contributed by atoms with Gasteiger partial charge >= 0.3 is 0 Å². The van der Waals surface area contributed by atoms with E-state index in [0.717, 1.165) is 35.1 Å². The van der Waals surface area contributed by atoms with Gasteiger partial charge in [0.1, 0.15) is 0 Å². The Hall–Kier alpha value is -2.35. The summed E-state index contributed by atoms with van der Waals surface area (Å²) in [4.78, 5) is 11.5. The summed E-state index contributed by atoms with van der Waals surface area (Å²) in [5, 5.41) is 0. The van der Waals surface area contributed by atoms with Crippen LogP contribution in [0.4, 0.5) is 0 Å². The number of hydrogen-bond acceptors (Lipinski definition) is 1. The van der Waals surface area contributed by atoms with Gasteiger partial charge in [0.2, 0.25) is 0 Å². The summed E-state index contributed by atoms with van der Waals surface area (Å²) in [7, 11) is 0. The zero-order valence-electron chi connectivity index (χ0n) is 10.6. The fraction of sp³-hybridized carbons (Fsp3) is 0.118. The van der Waals surface area contributed by atoms with Crippen LogP contribution in [0.5, 0.6) is 0 Å². The van der Waals surface area contributed by atoms with Crippen LogP contribution in [0.3, 0.4) is 0 Å². The molecule has 2 aliphatic carbocycles. The first-order chi connectivity index (χ1) is 9.18. The maximum Gasteiger partial charge on any atom is 0.270 e. The zero-order chi connectivity index (χ0) is 13.4. The number of allylic oxidation sites excluding steroid dienone is 4. The lowest BCUT2D eigenvalue weighted by atomic mass is 9.85. The third kappa shape index (κ3) is 1.85. The highest BCUT2D eigenvalue weighted by Crippen LogP contribution is 2.37. The predicted molar refractivity (Wildman–Crippen MR) is 77.1 cm³/mol. The molecular formula is C17H14NO. The van der Waals surface area contributed by atoms with Gasteiger partial charge in [0.05, 0.1) is 0 Å². The number of fused-ring (bicyclic) bond motifs is 1. The Kier molecular flexibility index (Phi) is 2.71. The van der Waals surface area contributed by atoms with Crippen molar-refractivity contribution in [1.29, 1.82) is 0 Å². The Morgan fingerprint density at radius 2 is 1.95 bits per heavy atom. The van der Waals surface area contributed by atoms with E-state index in [9.17, 15) is 4.79 Å². The van der Waals surface area contributed by atoms with Crippen molar-refractivity contribution in [2.24, 2.45) is 0 Å². The van der Waals surface area contributed by atoms with Crippen molar-refractivity contribution in [3.8, 4) is 0 Å². The Morgan fingerprint density at radius 1 is 1.16 bits per heavy atom. The number of carbonyl (C=O) groups excluding carboxylic acids is 1. The summed E-state index contributed by atoms with van der Waals surface area (Å²) in [6.45, 7) is 4.06. The summed E-state index contributed by atoms with van der Waals surface area (Å²) in [5.41, 5.74) is 13.1. The summed E-state index contributed by atoms with van der Waals surface area (Å²) in [5.74, 6) is -0.647. The van der Waals surface area contributed by atoms with Gasteiger partial charge in [-0.25, -0.2) is 0 Å². The monoisotopic (exact) mass is 248 g/mol. The van der Waals surface area contributed by atoms with Crippen LogP contribution in [0, 0.1) is 0 Å². The van der Waals surface area contributed by atoms with Crippen LogP contribution in [0.1, 0.15) is 23.1 Å². The van der Waals surface area contributed by atoms with Crippen molar-refractivity contribution in [2.45, 2.75) is 12.8 Å². The number of benzene rings is 1. The Bertz CT molecular complexity index is 675. The average Bonchev–Trinajstić information content (AvgIpc) is 2.86. The largest absolute Gasteiger partial charge is 0.270 e. The molecule has 2 aliphatic rings. The molecule has 0 aliphatic heterocycles. The van der Waals surface area contributed by atoms with E-state index in [1.54, 1.807) is 6.08 Å². The Labute approximate surface area is 112 Å². The van der Waals surface area contributed by atoms with E-state index in [1.165, 1.54) is 5.56 Å². The van der Waals surface area contributed by atoms with E-state index < -0.39 is 5.91 Å². The van der Waals surface area contributed by atoms with Gasteiger partial charge in [-0.15, -0.1) is 0 Å².